The Hall–Kier alpha value is -2.39. The van der Waals surface area contributed by atoms with Crippen LogP contribution in [0.5, 0.6) is 5.75 Å². The number of nitriles is 1. The number of nitrogens with one attached hydrogen (secondary N) is 1. The van der Waals surface area contributed by atoms with Gasteiger partial charge in [-0.15, -0.1) is 0 Å². The number of anilines is 1. The maximum Gasteiger partial charge on any atom is 0.262 e. The molecule has 6 heteroatoms. The van der Waals surface area contributed by atoms with Crippen LogP contribution in [0.15, 0.2) is 46.9 Å². The summed E-state index contributed by atoms with van der Waals surface area (Å²) in [6, 6.07) is 12.7. The van der Waals surface area contributed by atoms with Crippen molar-refractivity contribution in [2.75, 3.05) is 11.9 Å². The number of nitrogens with zero attached hydrogens (tertiary/aromatic N) is 1. The van der Waals surface area contributed by atoms with E-state index in [1.807, 2.05) is 6.07 Å². The van der Waals surface area contributed by atoms with Crippen LogP contribution in [0.2, 0.25) is 0 Å². The number of rotatable bonds is 4. The highest BCUT2D eigenvalue weighted by Gasteiger charge is 2.08. The monoisotopic (exact) mass is 348 g/mol. The van der Waals surface area contributed by atoms with Crippen molar-refractivity contribution >= 4 is 27.5 Å². The smallest absolute Gasteiger partial charge is 0.262 e. The molecule has 0 radical (unpaired) electrons. The van der Waals surface area contributed by atoms with Crippen LogP contribution in [0.3, 0.4) is 0 Å². The van der Waals surface area contributed by atoms with Crippen molar-refractivity contribution in [3.05, 3.63) is 58.3 Å². The summed E-state index contributed by atoms with van der Waals surface area (Å²) in [5.41, 5.74) is 0.593. The minimum Gasteiger partial charge on any atom is -0.484 e. The van der Waals surface area contributed by atoms with E-state index < -0.39 is 11.7 Å². The standard InChI is InChI=1S/C15H10BrFN2O2/c16-11-3-6-14(13(17)7-11)19-15(20)9-21-12-4-1-10(8-18)2-5-12/h1-7H,9H2,(H,19,20). The van der Waals surface area contributed by atoms with Crippen molar-refractivity contribution in [3.8, 4) is 11.8 Å². The second-order valence-corrected chi connectivity index (χ2v) is 5.01. The van der Waals surface area contributed by atoms with E-state index >= 15 is 0 Å². The highest BCUT2D eigenvalue weighted by atomic mass is 79.9. The third kappa shape index (κ3) is 4.29. The van der Waals surface area contributed by atoms with Crippen LogP contribution in [-0.4, -0.2) is 12.5 Å². The Morgan fingerprint density at radius 2 is 2.00 bits per heavy atom. The maximum atomic E-state index is 13.5. The first-order valence-corrected chi connectivity index (χ1v) is 6.75. The number of amides is 1. The van der Waals surface area contributed by atoms with Gasteiger partial charge in [0.15, 0.2) is 6.61 Å². The van der Waals surface area contributed by atoms with Gasteiger partial charge in [-0.3, -0.25) is 4.79 Å². The minimum absolute atomic E-state index is 0.0895. The lowest BCUT2D eigenvalue weighted by Gasteiger charge is -2.08. The molecule has 0 saturated heterocycles. The van der Waals surface area contributed by atoms with Gasteiger partial charge in [0.25, 0.3) is 5.91 Å². The van der Waals surface area contributed by atoms with Crippen LogP contribution in [0, 0.1) is 17.1 Å². The number of hydrogen-bond donors (Lipinski definition) is 1. The molecule has 0 heterocycles. The van der Waals surface area contributed by atoms with Gasteiger partial charge in [-0.1, -0.05) is 15.9 Å². The highest BCUT2D eigenvalue weighted by Crippen LogP contribution is 2.19. The van der Waals surface area contributed by atoms with Crippen molar-refractivity contribution < 1.29 is 13.9 Å². The molecule has 0 spiro atoms. The number of carbonyl (C=O) groups excluding carboxylic acids is 1. The van der Waals surface area contributed by atoms with Gasteiger partial charge in [0, 0.05) is 4.47 Å². The molecule has 2 aromatic carbocycles. The molecule has 0 saturated carbocycles. The van der Waals surface area contributed by atoms with Gasteiger partial charge in [-0.05, 0) is 42.5 Å². The normalized spacial score (nSPS) is 9.76. The van der Waals surface area contributed by atoms with Crippen molar-refractivity contribution in [2.45, 2.75) is 0 Å². The lowest BCUT2D eigenvalue weighted by Crippen LogP contribution is -2.20. The lowest BCUT2D eigenvalue weighted by atomic mass is 10.2. The van der Waals surface area contributed by atoms with Gasteiger partial charge in [-0.25, -0.2) is 4.39 Å². The number of halogens is 2. The molecule has 0 aliphatic heterocycles. The Labute approximate surface area is 129 Å². The predicted molar refractivity (Wildman–Crippen MR) is 79.4 cm³/mol. The van der Waals surface area contributed by atoms with Crippen LogP contribution in [0.4, 0.5) is 10.1 Å². The molecule has 106 valence electrons. The summed E-state index contributed by atoms with van der Waals surface area (Å²) in [5, 5.41) is 11.1. The summed E-state index contributed by atoms with van der Waals surface area (Å²) in [5.74, 6) is -0.544. The third-order valence-electron chi connectivity index (χ3n) is 2.56. The molecule has 0 unspecified atom stereocenters. The van der Waals surface area contributed by atoms with E-state index in [2.05, 4.69) is 21.2 Å². The zero-order chi connectivity index (χ0) is 15.2. The summed E-state index contributed by atoms with van der Waals surface area (Å²) in [7, 11) is 0. The average molecular weight is 349 g/mol. The van der Waals surface area contributed by atoms with Crippen molar-refractivity contribution in [2.24, 2.45) is 0 Å². The van der Waals surface area contributed by atoms with E-state index in [1.165, 1.54) is 12.1 Å². The van der Waals surface area contributed by atoms with E-state index in [0.717, 1.165) is 0 Å². The van der Waals surface area contributed by atoms with Crippen LogP contribution >= 0.6 is 15.9 Å². The average Bonchev–Trinajstić information content (AvgIpc) is 2.48. The first-order chi connectivity index (χ1) is 10.1. The van der Waals surface area contributed by atoms with Gasteiger partial charge in [-0.2, -0.15) is 5.26 Å². The summed E-state index contributed by atoms with van der Waals surface area (Å²) >= 11 is 3.14. The Balaban J connectivity index is 1.91. The summed E-state index contributed by atoms with van der Waals surface area (Å²) in [6.45, 7) is -0.249. The molecule has 4 nitrogen and oxygen atoms in total. The molecule has 0 aliphatic rings. The van der Waals surface area contributed by atoms with Crippen LogP contribution in [0.25, 0.3) is 0 Å². The van der Waals surface area contributed by atoms with Crippen molar-refractivity contribution in [1.82, 2.24) is 0 Å². The Morgan fingerprint density at radius 3 is 2.62 bits per heavy atom. The molecule has 0 aromatic heterocycles. The largest absolute Gasteiger partial charge is 0.484 e. The number of carbonyl (C=O) groups is 1. The van der Waals surface area contributed by atoms with Crippen molar-refractivity contribution in [1.29, 1.82) is 5.26 Å². The molecular weight excluding hydrogens is 339 g/mol. The Morgan fingerprint density at radius 1 is 1.29 bits per heavy atom. The fourth-order valence-electron chi connectivity index (χ4n) is 1.55. The number of ether oxygens (including phenoxy) is 1. The zero-order valence-corrected chi connectivity index (χ0v) is 12.4. The van der Waals surface area contributed by atoms with Crippen LogP contribution < -0.4 is 10.1 Å². The van der Waals surface area contributed by atoms with Crippen molar-refractivity contribution in [3.63, 3.8) is 0 Å². The van der Waals surface area contributed by atoms with E-state index in [0.29, 0.717) is 15.8 Å². The highest BCUT2D eigenvalue weighted by molar-refractivity contribution is 9.10. The molecule has 1 amide bonds. The van der Waals surface area contributed by atoms with E-state index in [-0.39, 0.29) is 12.3 Å². The van der Waals surface area contributed by atoms with Gasteiger partial charge in [0.05, 0.1) is 17.3 Å². The molecule has 2 rings (SSSR count). The molecule has 2 aromatic rings. The molecular formula is C15H10BrFN2O2. The van der Waals surface area contributed by atoms with Gasteiger partial charge < -0.3 is 10.1 Å². The summed E-state index contributed by atoms with van der Waals surface area (Å²) < 4.78 is 19.4. The topological polar surface area (TPSA) is 62.1 Å². The van der Waals surface area contributed by atoms with E-state index in [1.54, 1.807) is 30.3 Å². The second kappa shape index (κ2) is 6.86. The minimum atomic E-state index is -0.531. The molecule has 0 aliphatic carbocycles. The lowest BCUT2D eigenvalue weighted by molar-refractivity contribution is -0.118. The van der Waals surface area contributed by atoms with Gasteiger partial charge in [0.2, 0.25) is 0 Å². The number of benzene rings is 2. The van der Waals surface area contributed by atoms with Crippen LogP contribution in [0.1, 0.15) is 5.56 Å². The first-order valence-electron chi connectivity index (χ1n) is 5.96. The fraction of sp³-hybridized carbons (Fsp3) is 0.0667. The molecule has 0 atom stereocenters. The van der Waals surface area contributed by atoms with Crippen LogP contribution in [-0.2, 0) is 4.79 Å². The molecule has 1 N–H and O–H groups in total. The summed E-state index contributed by atoms with van der Waals surface area (Å²) in [6.07, 6.45) is 0. The molecule has 21 heavy (non-hydrogen) atoms. The second-order valence-electron chi connectivity index (χ2n) is 4.10. The number of hydrogen-bond acceptors (Lipinski definition) is 3. The third-order valence-corrected chi connectivity index (χ3v) is 3.05. The van der Waals surface area contributed by atoms with Gasteiger partial charge >= 0.3 is 0 Å². The molecule has 0 bridgehead atoms. The molecule has 0 fully saturated rings. The Kier molecular flexibility index (Phi) is 4.90. The quantitative estimate of drug-likeness (QED) is 0.919. The first kappa shape index (κ1) is 15.0. The fourth-order valence-corrected chi connectivity index (χ4v) is 1.88. The van der Waals surface area contributed by atoms with E-state index in [4.69, 9.17) is 10.00 Å². The van der Waals surface area contributed by atoms with E-state index in [9.17, 15) is 9.18 Å². The zero-order valence-electron chi connectivity index (χ0n) is 10.8. The van der Waals surface area contributed by atoms with Gasteiger partial charge in [0.1, 0.15) is 11.6 Å². The maximum absolute atomic E-state index is 13.5. The Bertz CT molecular complexity index is 696. The SMILES string of the molecule is N#Cc1ccc(OCC(=O)Nc2ccc(Br)cc2F)cc1. The predicted octanol–water partition coefficient (Wildman–Crippen LogP) is 3.48. The summed E-state index contributed by atoms with van der Waals surface area (Å²) in [4.78, 5) is 11.7.